The number of carbonyl (C=O) groups excluding carboxylic acids is 1. The first-order chi connectivity index (χ1) is 16.4. The first-order valence-electron chi connectivity index (χ1n) is 10.3. The van der Waals surface area contributed by atoms with E-state index >= 15 is 0 Å². The Bertz CT molecular complexity index is 1370. The number of fused-ring (bicyclic) bond motifs is 1. The van der Waals surface area contributed by atoms with Crippen molar-refractivity contribution in [3.63, 3.8) is 0 Å². The van der Waals surface area contributed by atoms with Gasteiger partial charge in [0.2, 0.25) is 0 Å². The minimum absolute atomic E-state index is 0.0244. The quantitative estimate of drug-likeness (QED) is 0.188. The number of ether oxygens (including phenoxy) is 1. The molecule has 4 heterocycles. The highest BCUT2D eigenvalue weighted by molar-refractivity contribution is 14.1. The number of rotatable bonds is 7. The normalized spacial score (nSPS) is 22.8. The summed E-state index contributed by atoms with van der Waals surface area (Å²) in [5, 5.41) is 25.1. The molecule has 0 aromatic carbocycles. The van der Waals surface area contributed by atoms with Crippen LogP contribution in [0, 0.1) is 3.83 Å². The number of hydrogen-bond acceptors (Lipinski definition) is 12. The Kier molecular flexibility index (Phi) is 6.99. The van der Waals surface area contributed by atoms with Gasteiger partial charge in [0.05, 0.1) is 18.6 Å². The van der Waals surface area contributed by atoms with Gasteiger partial charge in [0.25, 0.3) is 5.91 Å². The van der Waals surface area contributed by atoms with Crippen molar-refractivity contribution in [3.05, 3.63) is 27.6 Å². The van der Waals surface area contributed by atoms with E-state index in [0.29, 0.717) is 9.53 Å². The van der Waals surface area contributed by atoms with Gasteiger partial charge in [-0.05, 0) is 12.0 Å². The molecular weight excluding hydrogens is 599 g/mol. The van der Waals surface area contributed by atoms with Crippen molar-refractivity contribution >= 4 is 55.8 Å². The number of hydrogen-bond donors (Lipinski definition) is 4. The molecule has 15 nitrogen and oxygen atoms in total. The highest BCUT2D eigenvalue weighted by Gasteiger charge is 2.45. The van der Waals surface area contributed by atoms with Crippen molar-refractivity contribution in [2.75, 3.05) is 12.3 Å². The molecular formula is C18H23IN8O7S. The van der Waals surface area contributed by atoms with Crippen molar-refractivity contribution in [1.29, 1.82) is 0 Å². The molecule has 0 radical (unpaired) electrons. The number of aromatic nitrogens is 6. The van der Waals surface area contributed by atoms with Crippen LogP contribution in [0.5, 0.6) is 0 Å². The van der Waals surface area contributed by atoms with Crippen LogP contribution in [0.2, 0.25) is 0 Å². The van der Waals surface area contributed by atoms with Crippen LogP contribution >= 0.6 is 22.6 Å². The largest absolute Gasteiger partial charge is 0.387 e. The Morgan fingerprint density at radius 1 is 1.34 bits per heavy atom. The summed E-state index contributed by atoms with van der Waals surface area (Å²) in [5.41, 5.74) is 7.03. The molecule has 190 valence electrons. The minimum atomic E-state index is -4.57. The van der Waals surface area contributed by atoms with Gasteiger partial charge in [-0.2, -0.15) is 13.5 Å². The summed E-state index contributed by atoms with van der Waals surface area (Å²) in [5.74, 6) is -0.772. The van der Waals surface area contributed by atoms with E-state index in [1.54, 1.807) is 4.72 Å². The molecule has 0 spiro atoms. The lowest BCUT2D eigenvalue weighted by Crippen LogP contribution is -2.38. The molecule has 1 fully saturated rings. The zero-order chi connectivity index (χ0) is 25.7. The molecule has 4 atom stereocenters. The second-order valence-electron chi connectivity index (χ2n) is 8.15. The molecule has 0 bridgehead atoms. The van der Waals surface area contributed by atoms with E-state index in [0.717, 1.165) is 0 Å². The van der Waals surface area contributed by atoms with Gasteiger partial charge >= 0.3 is 10.3 Å². The van der Waals surface area contributed by atoms with E-state index in [2.05, 4.69) is 20.1 Å². The molecule has 0 unspecified atom stereocenters. The molecule has 4 rings (SSSR count). The lowest BCUT2D eigenvalue weighted by atomic mass is 10.1. The van der Waals surface area contributed by atoms with Crippen molar-refractivity contribution in [2.24, 2.45) is 7.05 Å². The third kappa shape index (κ3) is 5.09. The average molecular weight is 622 g/mol. The van der Waals surface area contributed by atoms with Crippen LogP contribution in [0.4, 0.5) is 5.82 Å². The number of aryl methyl sites for hydroxylation is 1. The molecule has 3 aromatic heterocycles. The molecule has 1 amide bonds. The van der Waals surface area contributed by atoms with E-state index < -0.39 is 47.4 Å². The molecule has 3 aromatic rings. The lowest BCUT2D eigenvalue weighted by molar-refractivity contribution is -0.0468. The summed E-state index contributed by atoms with van der Waals surface area (Å²) in [6.45, 7) is 3.09. The average Bonchev–Trinajstić information content (AvgIpc) is 3.43. The summed E-state index contributed by atoms with van der Waals surface area (Å²) in [6, 6.07) is 1.48. The summed E-state index contributed by atoms with van der Waals surface area (Å²) in [7, 11) is -3.06. The molecule has 5 N–H and O–H groups in total. The maximum Gasteiger partial charge on any atom is 0.362 e. The maximum absolute atomic E-state index is 12.4. The third-order valence-corrected chi connectivity index (χ3v) is 6.72. The number of aliphatic hydroxyl groups is 2. The summed E-state index contributed by atoms with van der Waals surface area (Å²) in [4.78, 5) is 24.8. The number of nitrogen functional groups attached to an aromatic ring is 1. The zero-order valence-electron chi connectivity index (χ0n) is 18.7. The molecule has 0 aliphatic carbocycles. The Labute approximate surface area is 213 Å². The second-order valence-corrected chi connectivity index (χ2v) is 10.5. The number of nitrogens with zero attached hydrogens (tertiary/aromatic N) is 6. The fourth-order valence-electron chi connectivity index (χ4n) is 3.53. The molecule has 1 aliphatic heterocycles. The van der Waals surface area contributed by atoms with Gasteiger partial charge in [-0.3, -0.25) is 18.2 Å². The third-order valence-electron chi connectivity index (χ3n) is 5.36. The number of aliphatic hydroxyl groups excluding tert-OH is 2. The fourth-order valence-corrected chi connectivity index (χ4v) is 4.72. The highest BCUT2D eigenvalue weighted by Crippen LogP contribution is 2.32. The number of nitrogens with one attached hydrogen (secondary N) is 1. The van der Waals surface area contributed by atoms with E-state index in [-0.39, 0.29) is 28.6 Å². The molecule has 17 heteroatoms. The van der Waals surface area contributed by atoms with Gasteiger partial charge in [-0.25, -0.2) is 19.7 Å². The van der Waals surface area contributed by atoms with E-state index in [4.69, 9.17) is 14.7 Å². The van der Waals surface area contributed by atoms with Crippen LogP contribution in [0.1, 0.15) is 42.2 Å². The second kappa shape index (κ2) is 9.54. The standard InChI is InChI=1S/C18H23IN8O7S/c1-7(2)8-4-9(26(3)24-8)16(30)25-35(31,32)33-5-10-12(28)13(29)17(34-10)27-6-21-11-14(20)22-18(19)23-15(11)27/h4,6-7,10,12-13,17,28-29H,5H2,1-3H3,(H,25,30)(H2,20,22,23)/t10-,12-,13-,17-/m1/s1. The van der Waals surface area contributed by atoms with Crippen LogP contribution in [0.25, 0.3) is 11.2 Å². The van der Waals surface area contributed by atoms with Crippen molar-refractivity contribution in [2.45, 2.75) is 44.3 Å². The van der Waals surface area contributed by atoms with Gasteiger partial charge < -0.3 is 20.7 Å². The zero-order valence-corrected chi connectivity index (χ0v) is 21.7. The molecule has 0 saturated carbocycles. The predicted molar refractivity (Wildman–Crippen MR) is 128 cm³/mol. The number of anilines is 1. The smallest absolute Gasteiger partial charge is 0.362 e. The maximum atomic E-state index is 12.4. The minimum Gasteiger partial charge on any atom is -0.387 e. The van der Waals surface area contributed by atoms with E-state index in [9.17, 15) is 23.4 Å². The molecule has 35 heavy (non-hydrogen) atoms. The Balaban J connectivity index is 1.44. The van der Waals surface area contributed by atoms with E-state index in [1.165, 1.54) is 28.7 Å². The van der Waals surface area contributed by atoms with Crippen molar-refractivity contribution < 1.29 is 32.3 Å². The van der Waals surface area contributed by atoms with Crippen LogP contribution < -0.4 is 10.5 Å². The Morgan fingerprint density at radius 2 is 2.06 bits per heavy atom. The number of imidazole rings is 1. The van der Waals surface area contributed by atoms with Gasteiger partial charge in [-0.1, -0.05) is 13.8 Å². The first kappa shape index (κ1) is 25.6. The van der Waals surface area contributed by atoms with Gasteiger partial charge in [0.15, 0.2) is 21.5 Å². The van der Waals surface area contributed by atoms with Gasteiger partial charge in [-0.15, -0.1) is 0 Å². The SMILES string of the molecule is CC(C)c1cc(C(=O)NS(=O)(=O)OC[C@H]2O[C@@H](n3cnc4c(N)nc(I)nc43)[C@H](O)[C@@H]2O)n(C)n1. The van der Waals surface area contributed by atoms with Crippen LogP contribution in [0.3, 0.4) is 0 Å². The first-order valence-corrected chi connectivity index (χ1v) is 12.8. The van der Waals surface area contributed by atoms with Gasteiger partial charge in [0, 0.05) is 29.6 Å². The Morgan fingerprint density at radius 3 is 2.71 bits per heavy atom. The van der Waals surface area contributed by atoms with Crippen LogP contribution in [-0.4, -0.2) is 78.8 Å². The van der Waals surface area contributed by atoms with Gasteiger partial charge in [0.1, 0.15) is 29.5 Å². The Hall–Kier alpha value is -2.45. The van der Waals surface area contributed by atoms with E-state index in [1.807, 2.05) is 36.4 Å². The topological polar surface area (TPSA) is 210 Å². The van der Waals surface area contributed by atoms with Crippen LogP contribution in [0.15, 0.2) is 12.4 Å². The molecule has 1 aliphatic rings. The predicted octanol–water partition coefficient (Wildman–Crippen LogP) is -0.819. The van der Waals surface area contributed by atoms with Crippen LogP contribution in [-0.2, 0) is 26.3 Å². The monoisotopic (exact) mass is 622 g/mol. The number of amides is 1. The van der Waals surface area contributed by atoms with Crippen molar-refractivity contribution in [3.8, 4) is 0 Å². The van der Waals surface area contributed by atoms with Crippen molar-refractivity contribution in [1.82, 2.24) is 34.0 Å². The summed E-state index contributed by atoms with van der Waals surface area (Å²) >= 11 is 1.86. The number of nitrogens with two attached hydrogens (primary N) is 1. The molecule has 1 saturated heterocycles. The highest BCUT2D eigenvalue weighted by atomic mass is 127. The lowest BCUT2D eigenvalue weighted by Gasteiger charge is -2.16. The summed E-state index contributed by atoms with van der Waals surface area (Å²) in [6.07, 6.45) is -4.06. The fraction of sp³-hybridized carbons (Fsp3) is 0.500. The number of carbonyl (C=O) groups is 1. The number of halogens is 1. The summed E-state index contributed by atoms with van der Waals surface area (Å²) < 4.78 is 39.9.